The van der Waals surface area contributed by atoms with Gasteiger partial charge >= 0.3 is 0 Å². The van der Waals surface area contributed by atoms with Crippen molar-refractivity contribution < 1.29 is 9.53 Å². The van der Waals surface area contributed by atoms with Crippen LogP contribution in [0, 0.1) is 6.92 Å². The number of anilines is 1. The minimum atomic E-state index is -0.185. The van der Waals surface area contributed by atoms with Crippen molar-refractivity contribution in [2.45, 2.75) is 13.5 Å². The van der Waals surface area contributed by atoms with Crippen molar-refractivity contribution in [2.24, 2.45) is 0 Å². The van der Waals surface area contributed by atoms with E-state index in [0.717, 1.165) is 17.0 Å². The highest BCUT2D eigenvalue weighted by Gasteiger charge is 2.07. The maximum atomic E-state index is 11.7. The van der Waals surface area contributed by atoms with E-state index >= 15 is 0 Å². The normalized spacial score (nSPS) is 10.1. The third kappa shape index (κ3) is 2.82. The van der Waals surface area contributed by atoms with Crippen LogP contribution < -0.4 is 10.1 Å². The molecule has 0 spiro atoms. The summed E-state index contributed by atoms with van der Waals surface area (Å²) in [6, 6.07) is 5.44. The van der Waals surface area contributed by atoms with Gasteiger partial charge in [-0.15, -0.1) is 5.10 Å². The Kier molecular flexibility index (Phi) is 3.52. The fourth-order valence-corrected chi connectivity index (χ4v) is 1.49. The van der Waals surface area contributed by atoms with Gasteiger partial charge in [-0.05, 0) is 41.1 Å². The molecule has 0 aliphatic rings. The lowest BCUT2D eigenvalue weighted by Gasteiger charge is -2.09. The van der Waals surface area contributed by atoms with Gasteiger partial charge in [0.15, 0.2) is 0 Å². The average Bonchev–Trinajstić information content (AvgIpc) is 2.84. The topological polar surface area (TPSA) is 81.9 Å². The van der Waals surface area contributed by atoms with Gasteiger partial charge in [-0.1, -0.05) is 0 Å². The van der Waals surface area contributed by atoms with E-state index in [1.165, 1.54) is 11.0 Å². The van der Waals surface area contributed by atoms with Crippen LogP contribution >= 0.6 is 0 Å². The number of tetrazole rings is 1. The molecule has 0 saturated carbocycles. The van der Waals surface area contributed by atoms with Crippen molar-refractivity contribution in [1.29, 1.82) is 0 Å². The predicted octanol–water partition coefficient (Wildman–Crippen LogP) is 0.629. The van der Waals surface area contributed by atoms with Crippen molar-refractivity contribution in [3.8, 4) is 5.75 Å². The Morgan fingerprint density at radius 3 is 2.94 bits per heavy atom. The highest BCUT2D eigenvalue weighted by molar-refractivity contribution is 5.91. The molecule has 94 valence electrons. The zero-order chi connectivity index (χ0) is 13.0. The lowest BCUT2D eigenvalue weighted by atomic mass is 10.2. The molecule has 2 rings (SSSR count). The van der Waals surface area contributed by atoms with Gasteiger partial charge in [-0.3, -0.25) is 4.79 Å². The highest BCUT2D eigenvalue weighted by Crippen LogP contribution is 2.20. The molecule has 1 heterocycles. The van der Waals surface area contributed by atoms with Crippen LogP contribution in [0.15, 0.2) is 24.5 Å². The summed E-state index contributed by atoms with van der Waals surface area (Å²) in [5.41, 5.74) is 1.67. The van der Waals surface area contributed by atoms with E-state index in [1.54, 1.807) is 19.2 Å². The number of aryl methyl sites for hydroxylation is 1. The molecule has 0 unspecified atom stereocenters. The largest absolute Gasteiger partial charge is 0.497 e. The van der Waals surface area contributed by atoms with Crippen LogP contribution in [0.25, 0.3) is 0 Å². The minimum absolute atomic E-state index is 0.0818. The van der Waals surface area contributed by atoms with Crippen LogP contribution in [-0.4, -0.2) is 33.2 Å². The van der Waals surface area contributed by atoms with Gasteiger partial charge < -0.3 is 10.1 Å². The van der Waals surface area contributed by atoms with E-state index in [2.05, 4.69) is 20.8 Å². The number of methoxy groups -OCH3 is 1. The van der Waals surface area contributed by atoms with Gasteiger partial charge in [-0.25, -0.2) is 4.68 Å². The number of amides is 1. The van der Waals surface area contributed by atoms with Crippen LogP contribution in [0.5, 0.6) is 5.75 Å². The van der Waals surface area contributed by atoms with Crippen LogP contribution in [0.4, 0.5) is 5.69 Å². The van der Waals surface area contributed by atoms with Crippen molar-refractivity contribution in [2.75, 3.05) is 12.4 Å². The number of nitrogens with zero attached hydrogens (tertiary/aromatic N) is 4. The summed E-state index contributed by atoms with van der Waals surface area (Å²) in [6.45, 7) is 1.98. The van der Waals surface area contributed by atoms with Gasteiger partial charge in [0, 0.05) is 5.69 Å². The van der Waals surface area contributed by atoms with E-state index in [1.807, 2.05) is 13.0 Å². The van der Waals surface area contributed by atoms with E-state index < -0.39 is 0 Å². The second-order valence-corrected chi connectivity index (χ2v) is 3.74. The lowest BCUT2D eigenvalue weighted by molar-refractivity contribution is -0.116. The second-order valence-electron chi connectivity index (χ2n) is 3.74. The first-order valence-electron chi connectivity index (χ1n) is 5.34. The number of aromatic nitrogens is 4. The summed E-state index contributed by atoms with van der Waals surface area (Å²) in [5, 5.41) is 13.3. The zero-order valence-corrected chi connectivity index (χ0v) is 10.1. The predicted molar refractivity (Wildman–Crippen MR) is 64.2 cm³/mol. The number of benzene rings is 1. The van der Waals surface area contributed by atoms with E-state index in [0.29, 0.717) is 0 Å². The first kappa shape index (κ1) is 12.0. The molecule has 0 saturated heterocycles. The SMILES string of the molecule is COc1ccc(NC(=O)Cn2cnnn2)c(C)c1. The summed E-state index contributed by atoms with van der Waals surface area (Å²) >= 11 is 0. The molecule has 7 nitrogen and oxygen atoms in total. The molecule has 0 aliphatic heterocycles. The molecular weight excluding hydrogens is 234 g/mol. The third-order valence-electron chi connectivity index (χ3n) is 2.40. The van der Waals surface area contributed by atoms with Crippen molar-refractivity contribution >= 4 is 11.6 Å². The van der Waals surface area contributed by atoms with Gasteiger partial charge in [0.25, 0.3) is 0 Å². The summed E-state index contributed by atoms with van der Waals surface area (Å²) in [5.74, 6) is 0.571. The Hall–Kier alpha value is -2.44. The quantitative estimate of drug-likeness (QED) is 0.856. The zero-order valence-electron chi connectivity index (χ0n) is 10.1. The Labute approximate surface area is 104 Å². The Morgan fingerprint density at radius 2 is 2.33 bits per heavy atom. The van der Waals surface area contributed by atoms with E-state index in [-0.39, 0.29) is 12.5 Å². The summed E-state index contributed by atoms with van der Waals surface area (Å²) in [6.07, 6.45) is 1.39. The second kappa shape index (κ2) is 5.26. The molecule has 7 heteroatoms. The number of carbonyl (C=O) groups is 1. The summed E-state index contributed by atoms with van der Waals surface area (Å²) in [4.78, 5) is 11.7. The Bertz CT molecular complexity index is 538. The van der Waals surface area contributed by atoms with E-state index in [9.17, 15) is 4.79 Å². The number of hydrogen-bond donors (Lipinski definition) is 1. The number of rotatable bonds is 4. The first-order chi connectivity index (χ1) is 8.69. The molecule has 0 aliphatic carbocycles. The smallest absolute Gasteiger partial charge is 0.246 e. The third-order valence-corrected chi connectivity index (χ3v) is 2.40. The molecule has 2 aromatic rings. The standard InChI is InChI=1S/C11H13N5O2/c1-8-5-9(18-2)3-4-10(8)13-11(17)6-16-7-12-14-15-16/h3-5,7H,6H2,1-2H3,(H,13,17). The molecule has 18 heavy (non-hydrogen) atoms. The van der Waals surface area contributed by atoms with Crippen LogP contribution in [0.1, 0.15) is 5.56 Å². The van der Waals surface area contributed by atoms with Gasteiger partial charge in [-0.2, -0.15) is 0 Å². The minimum Gasteiger partial charge on any atom is -0.497 e. The number of carbonyl (C=O) groups excluding carboxylic acids is 1. The molecule has 1 aromatic heterocycles. The maximum Gasteiger partial charge on any atom is 0.246 e. The molecule has 0 fully saturated rings. The summed E-state index contributed by atoms with van der Waals surface area (Å²) < 4.78 is 6.45. The van der Waals surface area contributed by atoms with Gasteiger partial charge in [0.05, 0.1) is 7.11 Å². The Balaban J connectivity index is 2.03. The van der Waals surface area contributed by atoms with Crippen molar-refractivity contribution in [3.05, 3.63) is 30.1 Å². The number of nitrogens with one attached hydrogen (secondary N) is 1. The van der Waals surface area contributed by atoms with Crippen molar-refractivity contribution in [1.82, 2.24) is 20.2 Å². The summed E-state index contributed by atoms with van der Waals surface area (Å²) in [7, 11) is 1.60. The van der Waals surface area contributed by atoms with Crippen LogP contribution in [0.3, 0.4) is 0 Å². The number of ether oxygens (including phenoxy) is 1. The van der Waals surface area contributed by atoms with Gasteiger partial charge in [0.1, 0.15) is 18.6 Å². The fraction of sp³-hybridized carbons (Fsp3) is 0.273. The monoisotopic (exact) mass is 247 g/mol. The molecule has 1 amide bonds. The number of hydrogen-bond acceptors (Lipinski definition) is 5. The van der Waals surface area contributed by atoms with Crippen LogP contribution in [-0.2, 0) is 11.3 Å². The van der Waals surface area contributed by atoms with Crippen molar-refractivity contribution in [3.63, 3.8) is 0 Å². The maximum absolute atomic E-state index is 11.7. The Morgan fingerprint density at radius 1 is 1.50 bits per heavy atom. The highest BCUT2D eigenvalue weighted by atomic mass is 16.5. The molecule has 0 bridgehead atoms. The average molecular weight is 247 g/mol. The van der Waals surface area contributed by atoms with Crippen LogP contribution in [0.2, 0.25) is 0 Å². The van der Waals surface area contributed by atoms with E-state index in [4.69, 9.17) is 4.74 Å². The lowest BCUT2D eigenvalue weighted by Crippen LogP contribution is -2.19. The fourth-order valence-electron chi connectivity index (χ4n) is 1.49. The molecule has 0 atom stereocenters. The molecule has 1 aromatic carbocycles. The molecule has 1 N–H and O–H groups in total. The molecular formula is C11H13N5O2. The first-order valence-corrected chi connectivity index (χ1v) is 5.34. The molecule has 0 radical (unpaired) electrons. The van der Waals surface area contributed by atoms with Gasteiger partial charge in [0.2, 0.25) is 5.91 Å².